The Labute approximate surface area is 101 Å². The van der Waals surface area contributed by atoms with Crippen molar-refractivity contribution in [1.82, 2.24) is 0 Å². The summed E-state index contributed by atoms with van der Waals surface area (Å²) in [4.78, 5) is 0. The summed E-state index contributed by atoms with van der Waals surface area (Å²) in [6.45, 7) is 0. The Hall–Kier alpha value is -1.47. The summed E-state index contributed by atoms with van der Waals surface area (Å²) in [5.41, 5.74) is 0.0955. The second-order valence-corrected chi connectivity index (χ2v) is 5.24. The Morgan fingerprint density at radius 2 is 2.18 bits per heavy atom. The van der Waals surface area contributed by atoms with Crippen molar-refractivity contribution >= 4 is 27.0 Å². The fraction of sp³-hybridized carbons (Fsp3) is 0.125. The molecule has 0 radical (unpaired) electrons. The molecule has 1 unspecified atom stereocenters. The van der Waals surface area contributed by atoms with Crippen LogP contribution in [-0.4, -0.2) is 17.2 Å². The molecule has 0 aliphatic heterocycles. The number of nitrogens with two attached hydrogens (primary N) is 1. The average Bonchev–Trinajstić information content (AvgIpc) is 2.14. The third-order valence-electron chi connectivity index (χ3n) is 1.79. The first-order valence-electron chi connectivity index (χ1n) is 4.22. The molecule has 0 fully saturated rings. The van der Waals surface area contributed by atoms with Crippen LogP contribution in [0.3, 0.4) is 0 Å². The van der Waals surface area contributed by atoms with Gasteiger partial charge in [0.05, 0.1) is 11.3 Å². The molecule has 3 N–H and O–H groups in total. The molecule has 0 bridgehead atoms. The maximum Gasteiger partial charge on any atom is 0.296 e. The first-order valence-corrected chi connectivity index (χ1v) is 7.01. The van der Waals surface area contributed by atoms with Gasteiger partial charge in [0.25, 0.3) is 10.2 Å². The molecule has 0 aromatic heterocycles. The molecule has 0 amide bonds. The predicted octanol–water partition coefficient (Wildman–Crippen LogP) is -0.447. The highest BCUT2D eigenvalue weighted by Gasteiger charge is 2.11. The number of benzene rings is 1. The third kappa shape index (κ3) is 4.12. The van der Waals surface area contributed by atoms with Gasteiger partial charge in [-0.1, -0.05) is 23.2 Å². The first-order chi connectivity index (χ1) is 7.83. The Morgan fingerprint density at radius 1 is 1.53 bits per heavy atom. The fourth-order valence-corrected chi connectivity index (χ4v) is 2.19. The van der Waals surface area contributed by atoms with Gasteiger partial charge in [0.15, 0.2) is 0 Å². The zero-order chi connectivity index (χ0) is 13.1. The van der Waals surface area contributed by atoms with Crippen molar-refractivity contribution in [2.75, 3.05) is 4.72 Å². The maximum atomic E-state index is 10.8. The van der Waals surface area contributed by atoms with E-state index >= 15 is 0 Å². The van der Waals surface area contributed by atoms with E-state index in [0.717, 1.165) is 0 Å². The van der Waals surface area contributed by atoms with Crippen LogP contribution in [-0.2, 0) is 27.0 Å². The Kier molecular flexibility index (Phi) is 4.19. The Balaban J connectivity index is 3.25. The summed E-state index contributed by atoms with van der Waals surface area (Å²) in [6.07, 6.45) is 0. The second kappa shape index (κ2) is 5.24. The molecule has 0 aliphatic rings. The molecule has 17 heavy (non-hydrogen) atoms. The van der Waals surface area contributed by atoms with Gasteiger partial charge in [0.1, 0.15) is 6.07 Å². The largest absolute Gasteiger partial charge is 0.772 e. The summed E-state index contributed by atoms with van der Waals surface area (Å²) in [5, 5.41) is 13.7. The minimum absolute atomic E-state index is 0.0436. The van der Waals surface area contributed by atoms with Crippen LogP contribution in [0.4, 0.5) is 5.69 Å². The molecule has 0 aliphatic carbocycles. The van der Waals surface area contributed by atoms with Crippen LogP contribution in [0, 0.1) is 11.3 Å². The number of hydrogen-bond acceptors (Lipinski definition) is 5. The van der Waals surface area contributed by atoms with Crippen LogP contribution in [0.5, 0.6) is 0 Å². The van der Waals surface area contributed by atoms with Crippen LogP contribution < -0.4 is 9.86 Å². The van der Waals surface area contributed by atoms with E-state index in [4.69, 9.17) is 10.4 Å². The molecule has 1 aromatic rings. The standard InChI is InChI=1S/C8H9N3O4S2/c9-4-7-6(5-16(12)13)2-1-3-8(7)11-17(10,14)15/h1-3,11H,5H2,(H,12,13)(H2,10,14,15)/p-1. The summed E-state index contributed by atoms with van der Waals surface area (Å²) in [7, 11) is -4.01. The molecule has 92 valence electrons. The molecular formula is C8H8N3O4S2-. The summed E-state index contributed by atoms with van der Waals surface area (Å²) in [5.74, 6) is -0.372. The number of nitrogens with one attached hydrogen (secondary N) is 1. The van der Waals surface area contributed by atoms with Gasteiger partial charge in [-0.3, -0.25) is 8.93 Å². The van der Waals surface area contributed by atoms with E-state index in [2.05, 4.69) is 0 Å². The SMILES string of the molecule is N#Cc1c(CS(=O)[O-])cccc1NS(N)(=O)=O. The minimum Gasteiger partial charge on any atom is -0.772 e. The second-order valence-electron chi connectivity index (χ2n) is 3.05. The highest BCUT2D eigenvalue weighted by molar-refractivity contribution is 7.90. The summed E-state index contributed by atoms with van der Waals surface area (Å²) >= 11 is -2.37. The lowest BCUT2D eigenvalue weighted by Gasteiger charge is -2.11. The predicted molar refractivity (Wildman–Crippen MR) is 60.5 cm³/mol. The molecule has 0 spiro atoms. The number of anilines is 1. The molecule has 0 saturated carbocycles. The van der Waals surface area contributed by atoms with Crippen molar-refractivity contribution in [3.8, 4) is 6.07 Å². The molecule has 9 heteroatoms. The van der Waals surface area contributed by atoms with Crippen LogP contribution in [0.25, 0.3) is 0 Å². The Bertz CT molecular complexity index is 591. The number of nitriles is 1. The third-order valence-corrected chi connectivity index (χ3v) is 2.84. The normalized spacial score (nSPS) is 12.8. The molecule has 1 atom stereocenters. The van der Waals surface area contributed by atoms with Gasteiger partial charge in [-0.25, -0.2) is 5.14 Å². The fourth-order valence-electron chi connectivity index (χ4n) is 1.22. The van der Waals surface area contributed by atoms with Crippen molar-refractivity contribution in [2.24, 2.45) is 5.14 Å². The lowest BCUT2D eigenvalue weighted by Crippen LogP contribution is -2.22. The van der Waals surface area contributed by atoms with E-state index in [0.29, 0.717) is 0 Å². The van der Waals surface area contributed by atoms with E-state index in [-0.39, 0.29) is 22.6 Å². The zero-order valence-corrected chi connectivity index (χ0v) is 10.0. The van der Waals surface area contributed by atoms with Gasteiger partial charge in [0, 0.05) is 5.75 Å². The molecule has 1 rings (SSSR count). The number of hydrogen-bond donors (Lipinski definition) is 2. The van der Waals surface area contributed by atoms with Gasteiger partial charge in [0.2, 0.25) is 0 Å². The minimum atomic E-state index is -4.01. The van der Waals surface area contributed by atoms with E-state index in [1.807, 2.05) is 4.72 Å². The van der Waals surface area contributed by atoms with Gasteiger partial charge >= 0.3 is 0 Å². The maximum absolute atomic E-state index is 10.8. The summed E-state index contributed by atoms with van der Waals surface area (Å²) < 4.78 is 44.7. The molecule has 0 saturated heterocycles. The average molecular weight is 274 g/mol. The van der Waals surface area contributed by atoms with E-state index in [1.54, 1.807) is 6.07 Å². The van der Waals surface area contributed by atoms with Crippen LogP contribution >= 0.6 is 0 Å². The lowest BCUT2D eigenvalue weighted by atomic mass is 10.1. The molecule has 0 heterocycles. The van der Waals surface area contributed by atoms with E-state index < -0.39 is 21.3 Å². The van der Waals surface area contributed by atoms with Crippen LogP contribution in [0.15, 0.2) is 18.2 Å². The number of rotatable bonds is 4. The monoisotopic (exact) mass is 274 g/mol. The van der Waals surface area contributed by atoms with Crippen molar-refractivity contribution in [3.05, 3.63) is 29.3 Å². The van der Waals surface area contributed by atoms with Crippen LogP contribution in [0.1, 0.15) is 11.1 Å². The first kappa shape index (κ1) is 13.6. The smallest absolute Gasteiger partial charge is 0.296 e. The van der Waals surface area contributed by atoms with Crippen molar-refractivity contribution in [1.29, 1.82) is 5.26 Å². The van der Waals surface area contributed by atoms with Crippen molar-refractivity contribution in [2.45, 2.75) is 5.75 Å². The highest BCUT2D eigenvalue weighted by Crippen LogP contribution is 2.20. The van der Waals surface area contributed by atoms with E-state index in [9.17, 15) is 17.2 Å². The van der Waals surface area contributed by atoms with Crippen molar-refractivity contribution in [3.63, 3.8) is 0 Å². The molecule has 7 nitrogen and oxygen atoms in total. The van der Waals surface area contributed by atoms with E-state index in [1.165, 1.54) is 18.2 Å². The molecule has 1 aromatic carbocycles. The van der Waals surface area contributed by atoms with Crippen molar-refractivity contribution < 1.29 is 17.2 Å². The van der Waals surface area contributed by atoms with Gasteiger partial charge in [-0.15, -0.1) is 0 Å². The molecular weight excluding hydrogens is 266 g/mol. The summed E-state index contributed by atoms with van der Waals surface area (Å²) in [6, 6.07) is 5.90. The van der Waals surface area contributed by atoms with Crippen LogP contribution in [0.2, 0.25) is 0 Å². The van der Waals surface area contributed by atoms with Gasteiger partial charge < -0.3 is 4.55 Å². The lowest BCUT2D eigenvalue weighted by molar-refractivity contribution is 0.536. The quantitative estimate of drug-likeness (QED) is 0.717. The highest BCUT2D eigenvalue weighted by atomic mass is 32.2. The zero-order valence-electron chi connectivity index (χ0n) is 8.41. The van der Waals surface area contributed by atoms with Gasteiger partial charge in [-0.05, 0) is 11.6 Å². The van der Waals surface area contributed by atoms with Gasteiger partial charge in [-0.2, -0.15) is 13.7 Å². The Morgan fingerprint density at radius 3 is 2.65 bits per heavy atom. The topological polar surface area (TPSA) is 136 Å². The number of nitrogens with zero attached hydrogens (tertiary/aromatic N) is 1.